The topological polar surface area (TPSA) is 71.0 Å². The second kappa shape index (κ2) is 6.01. The van der Waals surface area contributed by atoms with Gasteiger partial charge in [0, 0.05) is 19.6 Å². The van der Waals surface area contributed by atoms with Gasteiger partial charge in [0.25, 0.3) is 5.91 Å². The van der Waals surface area contributed by atoms with Crippen LogP contribution < -0.4 is 10.1 Å². The zero-order valence-corrected chi connectivity index (χ0v) is 12.0. The van der Waals surface area contributed by atoms with Gasteiger partial charge in [0.1, 0.15) is 5.75 Å². The second-order valence-electron chi connectivity index (χ2n) is 5.43. The normalized spacial score (nSPS) is 23.9. The summed E-state index contributed by atoms with van der Waals surface area (Å²) in [7, 11) is 0. The number of hydrogen-bond acceptors (Lipinski definition) is 5. The van der Waals surface area contributed by atoms with Crippen LogP contribution in [0, 0.1) is 0 Å². The molecule has 0 saturated carbocycles. The standard InChI is InChI=1S/C15H20N2O4/c1-10-15(19)16-12-8-11(2-3-14(12)21-10)13(18)9-17-4-6-20-7-5-17/h2-3,8,10,13,18H,4-7,9H2,1H3,(H,16,19). The van der Waals surface area contributed by atoms with Gasteiger partial charge in [0.15, 0.2) is 6.10 Å². The first-order valence-electron chi connectivity index (χ1n) is 7.23. The molecule has 0 radical (unpaired) electrons. The molecule has 1 amide bonds. The lowest BCUT2D eigenvalue weighted by Gasteiger charge is -2.29. The summed E-state index contributed by atoms with van der Waals surface area (Å²) in [6, 6.07) is 5.42. The maximum atomic E-state index is 11.6. The van der Waals surface area contributed by atoms with Crippen molar-refractivity contribution in [2.24, 2.45) is 0 Å². The summed E-state index contributed by atoms with van der Waals surface area (Å²) in [6.07, 6.45) is -1.08. The van der Waals surface area contributed by atoms with E-state index in [1.54, 1.807) is 19.1 Å². The van der Waals surface area contributed by atoms with Crippen LogP contribution in [0.4, 0.5) is 5.69 Å². The Labute approximate surface area is 123 Å². The Hall–Kier alpha value is -1.63. The summed E-state index contributed by atoms with van der Waals surface area (Å²) in [6.45, 7) is 5.35. The second-order valence-corrected chi connectivity index (χ2v) is 5.43. The molecule has 3 rings (SSSR count). The van der Waals surface area contributed by atoms with Crippen LogP contribution in [-0.4, -0.2) is 54.9 Å². The number of hydrogen-bond donors (Lipinski definition) is 2. The van der Waals surface area contributed by atoms with Crippen molar-refractivity contribution in [2.45, 2.75) is 19.1 Å². The predicted molar refractivity (Wildman–Crippen MR) is 77.4 cm³/mol. The van der Waals surface area contributed by atoms with E-state index in [0.717, 1.165) is 18.7 Å². The Balaban J connectivity index is 1.71. The molecule has 21 heavy (non-hydrogen) atoms. The molecule has 0 bridgehead atoms. The average molecular weight is 292 g/mol. The Morgan fingerprint density at radius 3 is 2.95 bits per heavy atom. The molecule has 1 aromatic rings. The summed E-state index contributed by atoms with van der Waals surface area (Å²) in [5, 5.41) is 13.2. The third kappa shape index (κ3) is 3.18. The van der Waals surface area contributed by atoms with E-state index in [4.69, 9.17) is 9.47 Å². The highest BCUT2D eigenvalue weighted by Gasteiger charge is 2.24. The number of carbonyl (C=O) groups excluding carboxylic acids is 1. The van der Waals surface area contributed by atoms with Crippen LogP contribution >= 0.6 is 0 Å². The van der Waals surface area contributed by atoms with Crippen molar-refractivity contribution >= 4 is 11.6 Å². The number of aliphatic hydroxyl groups is 1. The number of rotatable bonds is 3. The molecule has 1 fully saturated rings. The highest BCUT2D eigenvalue weighted by atomic mass is 16.5. The SMILES string of the molecule is CC1Oc2ccc(C(O)CN3CCOCC3)cc2NC1=O. The molecule has 0 aromatic heterocycles. The van der Waals surface area contributed by atoms with Crippen LogP contribution in [0.25, 0.3) is 0 Å². The number of nitrogens with zero attached hydrogens (tertiary/aromatic N) is 1. The highest BCUT2D eigenvalue weighted by molar-refractivity contribution is 5.97. The van der Waals surface area contributed by atoms with E-state index >= 15 is 0 Å². The Bertz CT molecular complexity index is 528. The van der Waals surface area contributed by atoms with Gasteiger partial charge >= 0.3 is 0 Å². The first kappa shape index (κ1) is 14.3. The number of anilines is 1. The zero-order valence-electron chi connectivity index (χ0n) is 12.0. The molecule has 6 nitrogen and oxygen atoms in total. The fraction of sp³-hybridized carbons (Fsp3) is 0.533. The quantitative estimate of drug-likeness (QED) is 0.861. The molecule has 1 saturated heterocycles. The van der Waals surface area contributed by atoms with Crippen molar-refractivity contribution in [3.05, 3.63) is 23.8 Å². The average Bonchev–Trinajstić information content (AvgIpc) is 2.49. The molecule has 2 N–H and O–H groups in total. The summed E-state index contributed by atoms with van der Waals surface area (Å²) >= 11 is 0. The monoisotopic (exact) mass is 292 g/mol. The van der Waals surface area contributed by atoms with E-state index in [1.165, 1.54) is 0 Å². The smallest absolute Gasteiger partial charge is 0.265 e. The maximum Gasteiger partial charge on any atom is 0.265 e. The maximum absolute atomic E-state index is 11.6. The Morgan fingerprint density at radius 1 is 1.43 bits per heavy atom. The Morgan fingerprint density at radius 2 is 2.19 bits per heavy atom. The van der Waals surface area contributed by atoms with Gasteiger partial charge in [-0.3, -0.25) is 9.69 Å². The van der Waals surface area contributed by atoms with E-state index in [2.05, 4.69) is 10.2 Å². The summed E-state index contributed by atoms with van der Waals surface area (Å²) < 4.78 is 10.8. The molecule has 6 heteroatoms. The third-order valence-corrected chi connectivity index (χ3v) is 3.85. The van der Waals surface area contributed by atoms with E-state index in [1.807, 2.05) is 6.07 Å². The molecular formula is C15H20N2O4. The van der Waals surface area contributed by atoms with Crippen molar-refractivity contribution in [2.75, 3.05) is 38.2 Å². The zero-order chi connectivity index (χ0) is 14.8. The molecular weight excluding hydrogens is 272 g/mol. The fourth-order valence-corrected chi connectivity index (χ4v) is 2.57. The first-order valence-corrected chi connectivity index (χ1v) is 7.23. The number of nitrogens with one attached hydrogen (secondary N) is 1. The van der Waals surface area contributed by atoms with Crippen LogP contribution in [0.1, 0.15) is 18.6 Å². The minimum Gasteiger partial charge on any atom is -0.479 e. The van der Waals surface area contributed by atoms with Crippen molar-refractivity contribution in [1.29, 1.82) is 0 Å². The first-order chi connectivity index (χ1) is 10.1. The molecule has 1 aromatic carbocycles. The van der Waals surface area contributed by atoms with Crippen LogP contribution in [0.3, 0.4) is 0 Å². The number of amides is 1. The number of benzene rings is 1. The number of fused-ring (bicyclic) bond motifs is 1. The fourth-order valence-electron chi connectivity index (χ4n) is 2.57. The van der Waals surface area contributed by atoms with Gasteiger partial charge in [-0.1, -0.05) is 6.07 Å². The van der Waals surface area contributed by atoms with E-state index in [-0.39, 0.29) is 5.91 Å². The van der Waals surface area contributed by atoms with Crippen molar-refractivity contribution in [3.8, 4) is 5.75 Å². The van der Waals surface area contributed by atoms with Gasteiger partial charge in [0.05, 0.1) is 25.0 Å². The molecule has 0 spiro atoms. The van der Waals surface area contributed by atoms with Gasteiger partial charge in [0.2, 0.25) is 0 Å². The summed E-state index contributed by atoms with van der Waals surface area (Å²) in [4.78, 5) is 13.8. The van der Waals surface area contributed by atoms with E-state index in [9.17, 15) is 9.90 Å². The minimum absolute atomic E-state index is 0.165. The molecule has 2 atom stereocenters. The third-order valence-electron chi connectivity index (χ3n) is 3.85. The van der Waals surface area contributed by atoms with Crippen LogP contribution in [0.15, 0.2) is 18.2 Å². The van der Waals surface area contributed by atoms with Crippen molar-refractivity contribution < 1.29 is 19.4 Å². The number of ether oxygens (including phenoxy) is 2. The van der Waals surface area contributed by atoms with Gasteiger partial charge in [-0.15, -0.1) is 0 Å². The molecule has 114 valence electrons. The summed E-state index contributed by atoms with van der Waals surface area (Å²) in [5.74, 6) is 0.478. The molecule has 0 aliphatic carbocycles. The highest BCUT2D eigenvalue weighted by Crippen LogP contribution is 2.32. The molecule has 2 unspecified atom stereocenters. The van der Waals surface area contributed by atoms with Gasteiger partial charge in [-0.2, -0.15) is 0 Å². The molecule has 2 aliphatic heterocycles. The predicted octanol–water partition coefficient (Wildman–Crippen LogP) is 0.772. The van der Waals surface area contributed by atoms with Crippen LogP contribution in [0.5, 0.6) is 5.75 Å². The van der Waals surface area contributed by atoms with Gasteiger partial charge < -0.3 is 19.9 Å². The number of carbonyl (C=O) groups is 1. The van der Waals surface area contributed by atoms with Gasteiger partial charge in [-0.05, 0) is 24.6 Å². The minimum atomic E-state index is -0.593. The number of β-amino-alcohol motifs (C(OH)–C–C–N with tert-alkyl or cyclic N) is 1. The molecule has 2 heterocycles. The number of aliphatic hydroxyl groups excluding tert-OH is 1. The lowest BCUT2D eigenvalue weighted by Crippen LogP contribution is -2.39. The van der Waals surface area contributed by atoms with Crippen LogP contribution in [0.2, 0.25) is 0 Å². The van der Waals surface area contributed by atoms with Gasteiger partial charge in [-0.25, -0.2) is 0 Å². The molecule has 2 aliphatic rings. The lowest BCUT2D eigenvalue weighted by molar-refractivity contribution is -0.122. The van der Waals surface area contributed by atoms with Crippen molar-refractivity contribution in [3.63, 3.8) is 0 Å². The lowest BCUT2D eigenvalue weighted by atomic mass is 10.1. The summed E-state index contributed by atoms with van der Waals surface area (Å²) in [5.41, 5.74) is 1.40. The van der Waals surface area contributed by atoms with E-state index in [0.29, 0.717) is 31.2 Å². The van der Waals surface area contributed by atoms with Crippen LogP contribution in [-0.2, 0) is 9.53 Å². The largest absolute Gasteiger partial charge is 0.479 e. The van der Waals surface area contributed by atoms with Crippen molar-refractivity contribution in [1.82, 2.24) is 4.90 Å². The van der Waals surface area contributed by atoms with E-state index < -0.39 is 12.2 Å². The number of morpholine rings is 1. The Kier molecular flexibility index (Phi) is 4.10.